The van der Waals surface area contributed by atoms with Crippen LogP contribution in [0.25, 0.3) is 0 Å². The van der Waals surface area contributed by atoms with Crippen molar-refractivity contribution in [3.05, 3.63) is 80.0 Å². The van der Waals surface area contributed by atoms with E-state index in [0.717, 1.165) is 11.1 Å². The summed E-state index contributed by atoms with van der Waals surface area (Å²) in [6.45, 7) is 5.82. The second-order valence-corrected chi connectivity index (χ2v) is 9.50. The van der Waals surface area contributed by atoms with Gasteiger partial charge in [0.05, 0.1) is 10.6 Å². The highest BCUT2D eigenvalue weighted by atomic mass is 35.5. The Morgan fingerprint density at radius 3 is 2.42 bits per heavy atom. The van der Waals surface area contributed by atoms with E-state index in [1.165, 1.54) is 12.1 Å². The first-order chi connectivity index (χ1) is 14.6. The van der Waals surface area contributed by atoms with Crippen molar-refractivity contribution in [2.75, 3.05) is 4.90 Å². The number of hydrogen-bond acceptors (Lipinski definition) is 4. The molecule has 1 aliphatic heterocycles. The lowest BCUT2D eigenvalue weighted by atomic mass is 9.69. The number of benzene rings is 2. The minimum absolute atomic E-state index is 0.0202. The van der Waals surface area contributed by atoms with Crippen molar-refractivity contribution in [2.45, 2.75) is 46.0 Å². The molecular weight excluding hydrogens is 416 g/mol. The van der Waals surface area contributed by atoms with E-state index in [9.17, 15) is 19.7 Å². The zero-order chi connectivity index (χ0) is 22.5. The predicted molar refractivity (Wildman–Crippen MR) is 119 cm³/mol. The molecule has 0 aromatic heterocycles. The number of Topliss-reactive ketones (excluding diaryl/α,β-unsaturated/α-hetero) is 1. The first kappa shape index (κ1) is 21.2. The highest BCUT2D eigenvalue weighted by Crippen LogP contribution is 2.48. The van der Waals surface area contributed by atoms with E-state index in [0.29, 0.717) is 34.8 Å². The molecule has 4 rings (SSSR count). The van der Waals surface area contributed by atoms with Crippen LogP contribution in [0, 0.1) is 22.5 Å². The van der Waals surface area contributed by atoms with Crippen molar-refractivity contribution < 1.29 is 14.5 Å². The number of nitro benzene ring substituents is 1. The van der Waals surface area contributed by atoms with Crippen molar-refractivity contribution in [1.82, 2.24) is 0 Å². The second-order valence-electron chi connectivity index (χ2n) is 9.07. The van der Waals surface area contributed by atoms with Crippen LogP contribution in [-0.2, 0) is 9.59 Å². The first-order valence-corrected chi connectivity index (χ1v) is 10.5. The standard InChI is InChI=1S/C24H23ClN2O4/c1-14-4-9-17(27(30)31)10-19(14)26-20-12-24(2,3)13-21(28)23(20)18(11-22(26)29)15-5-7-16(25)8-6-15/h4-10,18H,11-13H2,1-3H3. The summed E-state index contributed by atoms with van der Waals surface area (Å²) in [4.78, 5) is 39.2. The van der Waals surface area contributed by atoms with E-state index in [4.69, 9.17) is 11.6 Å². The zero-order valence-electron chi connectivity index (χ0n) is 17.6. The Morgan fingerprint density at radius 2 is 1.77 bits per heavy atom. The van der Waals surface area contributed by atoms with Gasteiger partial charge in [0.1, 0.15) is 0 Å². The maximum Gasteiger partial charge on any atom is 0.271 e. The van der Waals surface area contributed by atoms with Gasteiger partial charge in [0, 0.05) is 47.2 Å². The molecule has 0 bridgehead atoms. The van der Waals surface area contributed by atoms with Crippen LogP contribution in [0.5, 0.6) is 0 Å². The van der Waals surface area contributed by atoms with Crippen LogP contribution in [0.4, 0.5) is 11.4 Å². The molecule has 0 spiro atoms. The molecule has 0 saturated heterocycles. The summed E-state index contributed by atoms with van der Waals surface area (Å²) in [5.41, 5.74) is 2.96. The Kier molecular flexibility index (Phi) is 5.21. The number of aryl methyl sites for hydroxylation is 1. The van der Waals surface area contributed by atoms with Gasteiger partial charge in [-0.1, -0.05) is 43.6 Å². The molecule has 1 amide bonds. The number of carbonyl (C=O) groups excluding carboxylic acids is 2. The van der Waals surface area contributed by atoms with Gasteiger partial charge in [-0.15, -0.1) is 0 Å². The first-order valence-electron chi connectivity index (χ1n) is 10.2. The van der Waals surface area contributed by atoms with Gasteiger partial charge in [-0.25, -0.2) is 0 Å². The molecule has 31 heavy (non-hydrogen) atoms. The van der Waals surface area contributed by atoms with Crippen LogP contribution in [0.3, 0.4) is 0 Å². The lowest BCUT2D eigenvalue weighted by Crippen LogP contribution is -2.44. The van der Waals surface area contributed by atoms with Crippen molar-refractivity contribution in [2.24, 2.45) is 5.41 Å². The number of non-ortho nitro benzene ring substituents is 1. The average molecular weight is 439 g/mol. The van der Waals surface area contributed by atoms with E-state index < -0.39 is 4.92 Å². The van der Waals surface area contributed by atoms with Gasteiger partial charge in [-0.2, -0.15) is 0 Å². The number of rotatable bonds is 3. The fourth-order valence-corrected chi connectivity index (χ4v) is 4.75. The van der Waals surface area contributed by atoms with E-state index in [2.05, 4.69) is 0 Å². The van der Waals surface area contributed by atoms with E-state index >= 15 is 0 Å². The number of nitro groups is 1. The summed E-state index contributed by atoms with van der Waals surface area (Å²) < 4.78 is 0. The van der Waals surface area contributed by atoms with E-state index in [1.807, 2.05) is 32.9 Å². The van der Waals surface area contributed by atoms with Crippen LogP contribution >= 0.6 is 11.6 Å². The lowest BCUT2D eigenvalue weighted by Gasteiger charge is -2.43. The van der Waals surface area contributed by atoms with Gasteiger partial charge < -0.3 is 0 Å². The number of ketones is 1. The number of allylic oxidation sites excluding steroid dienone is 2. The van der Waals surface area contributed by atoms with Gasteiger partial charge in [-0.3, -0.25) is 24.6 Å². The van der Waals surface area contributed by atoms with Crippen LogP contribution in [0.2, 0.25) is 5.02 Å². The van der Waals surface area contributed by atoms with Gasteiger partial charge >= 0.3 is 0 Å². The topological polar surface area (TPSA) is 80.5 Å². The summed E-state index contributed by atoms with van der Waals surface area (Å²) in [6.07, 6.45) is 1.05. The molecule has 1 heterocycles. The Hall–Kier alpha value is -2.99. The monoisotopic (exact) mass is 438 g/mol. The highest BCUT2D eigenvalue weighted by Gasteiger charge is 2.44. The third-order valence-corrected chi connectivity index (χ3v) is 6.31. The number of amides is 1. The van der Waals surface area contributed by atoms with Gasteiger partial charge in [-0.05, 0) is 42.0 Å². The smallest absolute Gasteiger partial charge is 0.271 e. The number of anilines is 1. The lowest BCUT2D eigenvalue weighted by molar-refractivity contribution is -0.384. The van der Waals surface area contributed by atoms with Crippen LogP contribution in [0.1, 0.15) is 50.2 Å². The molecule has 2 aromatic carbocycles. The van der Waals surface area contributed by atoms with Crippen LogP contribution in [0.15, 0.2) is 53.7 Å². The Bertz CT molecular complexity index is 1130. The van der Waals surface area contributed by atoms with Crippen LogP contribution < -0.4 is 4.90 Å². The zero-order valence-corrected chi connectivity index (χ0v) is 18.4. The Morgan fingerprint density at radius 1 is 1.10 bits per heavy atom. The predicted octanol–water partition coefficient (Wildman–Crippen LogP) is 5.72. The maximum absolute atomic E-state index is 13.4. The quantitative estimate of drug-likeness (QED) is 0.453. The molecule has 0 radical (unpaired) electrons. The average Bonchev–Trinajstić information content (AvgIpc) is 2.67. The highest BCUT2D eigenvalue weighted by molar-refractivity contribution is 6.30. The van der Waals surface area contributed by atoms with E-state index in [-0.39, 0.29) is 35.1 Å². The summed E-state index contributed by atoms with van der Waals surface area (Å²) in [5.74, 6) is -0.502. The fourth-order valence-electron chi connectivity index (χ4n) is 4.63. The molecule has 0 fully saturated rings. The molecule has 7 heteroatoms. The second kappa shape index (κ2) is 7.61. The number of halogens is 1. The maximum atomic E-state index is 13.4. The molecule has 0 saturated carbocycles. The summed E-state index contributed by atoms with van der Waals surface area (Å²) in [5, 5.41) is 11.9. The largest absolute Gasteiger partial charge is 0.294 e. The van der Waals surface area contributed by atoms with E-state index in [1.54, 1.807) is 23.1 Å². The number of hydrogen-bond donors (Lipinski definition) is 0. The third kappa shape index (κ3) is 3.88. The van der Waals surface area contributed by atoms with Gasteiger partial charge in [0.2, 0.25) is 5.91 Å². The van der Waals surface area contributed by atoms with Crippen LogP contribution in [-0.4, -0.2) is 16.6 Å². The molecular formula is C24H23ClN2O4. The molecule has 1 atom stereocenters. The minimum atomic E-state index is -0.473. The molecule has 2 aliphatic rings. The third-order valence-electron chi connectivity index (χ3n) is 6.06. The number of carbonyl (C=O) groups is 2. The van der Waals surface area contributed by atoms with Gasteiger partial charge in [0.15, 0.2) is 5.78 Å². The summed E-state index contributed by atoms with van der Waals surface area (Å²) in [6, 6.07) is 11.7. The molecule has 6 nitrogen and oxygen atoms in total. The van der Waals surface area contributed by atoms with Crippen molar-refractivity contribution in [1.29, 1.82) is 0 Å². The Labute approximate surface area is 185 Å². The molecule has 0 N–H and O–H groups in total. The summed E-state index contributed by atoms with van der Waals surface area (Å²) in [7, 11) is 0. The fraction of sp³-hybridized carbons (Fsp3) is 0.333. The van der Waals surface area contributed by atoms with Crippen molar-refractivity contribution >= 4 is 34.7 Å². The van der Waals surface area contributed by atoms with Crippen molar-refractivity contribution in [3.63, 3.8) is 0 Å². The Balaban J connectivity index is 1.93. The molecule has 160 valence electrons. The van der Waals surface area contributed by atoms with Gasteiger partial charge in [0.25, 0.3) is 5.69 Å². The molecule has 1 unspecified atom stereocenters. The SMILES string of the molecule is Cc1ccc([N+](=O)[O-])cc1N1C(=O)CC(c2ccc(Cl)cc2)C2=C1CC(C)(C)CC2=O. The summed E-state index contributed by atoms with van der Waals surface area (Å²) >= 11 is 6.03. The minimum Gasteiger partial charge on any atom is -0.294 e. The normalized spacial score (nSPS) is 20.6. The molecule has 2 aromatic rings. The van der Waals surface area contributed by atoms with Crippen molar-refractivity contribution in [3.8, 4) is 0 Å². The molecule has 1 aliphatic carbocycles. The number of nitrogens with zero attached hydrogens (tertiary/aromatic N) is 2.